The molecule has 0 saturated carbocycles. The summed E-state index contributed by atoms with van der Waals surface area (Å²) in [5.74, 6) is 0.0250. The predicted molar refractivity (Wildman–Crippen MR) is 77.3 cm³/mol. The molecular formula is C15H17ClN2O. The van der Waals surface area contributed by atoms with Crippen molar-refractivity contribution in [3.63, 3.8) is 0 Å². The number of hydrogen-bond donors (Lipinski definition) is 2. The van der Waals surface area contributed by atoms with Gasteiger partial charge in [-0.3, -0.25) is 4.79 Å². The Balaban J connectivity index is 1.88. The van der Waals surface area contributed by atoms with Gasteiger partial charge in [-0.15, -0.1) is 0 Å². The zero-order chi connectivity index (χ0) is 13.8. The lowest BCUT2D eigenvalue weighted by molar-refractivity contribution is -0.120. The van der Waals surface area contributed by atoms with Gasteiger partial charge in [0.2, 0.25) is 5.91 Å². The Bertz CT molecular complexity index is 572. The van der Waals surface area contributed by atoms with Crippen LogP contribution in [0.15, 0.2) is 30.3 Å². The maximum atomic E-state index is 11.9. The summed E-state index contributed by atoms with van der Waals surface area (Å²) in [6.45, 7) is 4.50. The van der Waals surface area contributed by atoms with Crippen LogP contribution >= 0.6 is 11.6 Å². The van der Waals surface area contributed by atoms with E-state index in [0.29, 0.717) is 18.0 Å². The van der Waals surface area contributed by atoms with E-state index in [2.05, 4.69) is 10.3 Å². The van der Waals surface area contributed by atoms with E-state index in [0.717, 1.165) is 22.5 Å². The molecule has 0 fully saturated rings. The summed E-state index contributed by atoms with van der Waals surface area (Å²) in [6.07, 6.45) is 0.407. The minimum absolute atomic E-state index is 0.0250. The topological polar surface area (TPSA) is 44.9 Å². The van der Waals surface area contributed by atoms with Crippen LogP contribution in [0.3, 0.4) is 0 Å². The molecule has 2 rings (SSSR count). The standard InChI is InChI=1S/C15H17ClN2O/c1-10-7-13(11(2)18-10)8-15(19)17-9-12-3-5-14(16)6-4-12/h3-7,18H,8-9H2,1-2H3,(H,17,19). The van der Waals surface area contributed by atoms with E-state index in [1.54, 1.807) is 0 Å². The minimum Gasteiger partial charge on any atom is -0.362 e. The van der Waals surface area contributed by atoms with Gasteiger partial charge in [0.1, 0.15) is 0 Å². The zero-order valence-electron chi connectivity index (χ0n) is 11.1. The van der Waals surface area contributed by atoms with Crippen molar-refractivity contribution in [3.8, 4) is 0 Å². The molecule has 0 atom stereocenters. The quantitative estimate of drug-likeness (QED) is 0.885. The number of halogens is 1. The zero-order valence-corrected chi connectivity index (χ0v) is 11.8. The maximum absolute atomic E-state index is 11.9. The number of hydrogen-bond acceptors (Lipinski definition) is 1. The number of carbonyl (C=O) groups excluding carboxylic acids is 1. The lowest BCUT2D eigenvalue weighted by Gasteiger charge is -2.05. The number of aromatic amines is 1. The molecule has 1 heterocycles. The number of nitrogens with one attached hydrogen (secondary N) is 2. The third-order valence-corrected chi connectivity index (χ3v) is 3.26. The van der Waals surface area contributed by atoms with Crippen molar-refractivity contribution in [2.24, 2.45) is 0 Å². The second kappa shape index (κ2) is 5.93. The Labute approximate surface area is 118 Å². The Hall–Kier alpha value is -1.74. The van der Waals surface area contributed by atoms with Gasteiger partial charge in [0.15, 0.2) is 0 Å². The molecule has 0 bridgehead atoms. The molecule has 4 heteroatoms. The van der Waals surface area contributed by atoms with Crippen molar-refractivity contribution < 1.29 is 4.79 Å². The van der Waals surface area contributed by atoms with Crippen molar-refractivity contribution >= 4 is 17.5 Å². The van der Waals surface area contributed by atoms with Gasteiger partial charge in [-0.05, 0) is 43.2 Å². The highest BCUT2D eigenvalue weighted by atomic mass is 35.5. The van der Waals surface area contributed by atoms with Crippen LogP contribution in [0, 0.1) is 13.8 Å². The van der Waals surface area contributed by atoms with Crippen LogP contribution in [-0.4, -0.2) is 10.9 Å². The molecule has 0 aliphatic carbocycles. The van der Waals surface area contributed by atoms with Crippen molar-refractivity contribution in [2.75, 3.05) is 0 Å². The molecule has 1 aromatic carbocycles. The normalized spacial score (nSPS) is 10.5. The van der Waals surface area contributed by atoms with E-state index < -0.39 is 0 Å². The van der Waals surface area contributed by atoms with Gasteiger partial charge >= 0.3 is 0 Å². The lowest BCUT2D eigenvalue weighted by Crippen LogP contribution is -2.24. The number of benzene rings is 1. The third-order valence-electron chi connectivity index (χ3n) is 3.01. The van der Waals surface area contributed by atoms with Crippen molar-refractivity contribution in [1.82, 2.24) is 10.3 Å². The first-order valence-electron chi connectivity index (χ1n) is 6.21. The molecule has 2 aromatic rings. The van der Waals surface area contributed by atoms with E-state index in [1.165, 1.54) is 0 Å². The molecule has 1 amide bonds. The molecule has 2 N–H and O–H groups in total. The van der Waals surface area contributed by atoms with Crippen LogP contribution < -0.4 is 5.32 Å². The Kier molecular flexibility index (Phi) is 4.27. The van der Waals surface area contributed by atoms with Gasteiger partial charge in [0, 0.05) is 23.0 Å². The van der Waals surface area contributed by atoms with Gasteiger partial charge in [-0.1, -0.05) is 23.7 Å². The average Bonchev–Trinajstić information content (AvgIpc) is 2.67. The molecular weight excluding hydrogens is 260 g/mol. The summed E-state index contributed by atoms with van der Waals surface area (Å²) < 4.78 is 0. The third kappa shape index (κ3) is 3.86. The number of aryl methyl sites for hydroxylation is 2. The Morgan fingerprint density at radius 3 is 2.53 bits per heavy atom. The van der Waals surface area contributed by atoms with Crippen molar-refractivity contribution in [2.45, 2.75) is 26.8 Å². The van der Waals surface area contributed by atoms with E-state index in [1.807, 2.05) is 44.2 Å². The molecule has 0 unspecified atom stereocenters. The average molecular weight is 277 g/mol. The summed E-state index contributed by atoms with van der Waals surface area (Å²) in [5, 5.41) is 3.61. The fourth-order valence-electron chi connectivity index (χ4n) is 2.00. The summed E-state index contributed by atoms with van der Waals surface area (Å²) >= 11 is 5.81. The number of aromatic nitrogens is 1. The molecule has 3 nitrogen and oxygen atoms in total. The Morgan fingerprint density at radius 1 is 1.26 bits per heavy atom. The summed E-state index contributed by atoms with van der Waals surface area (Å²) in [6, 6.07) is 9.48. The first-order valence-corrected chi connectivity index (χ1v) is 6.58. The monoisotopic (exact) mass is 276 g/mol. The first-order chi connectivity index (χ1) is 9.04. The molecule has 100 valence electrons. The molecule has 1 aromatic heterocycles. The van der Waals surface area contributed by atoms with Gasteiger partial charge < -0.3 is 10.3 Å². The fraction of sp³-hybridized carbons (Fsp3) is 0.267. The second-order valence-electron chi connectivity index (χ2n) is 4.68. The number of H-pyrrole nitrogens is 1. The SMILES string of the molecule is Cc1cc(CC(=O)NCc2ccc(Cl)cc2)c(C)[nH]1. The molecule has 0 aliphatic rings. The van der Waals surface area contributed by atoms with Crippen LogP contribution in [0.1, 0.15) is 22.5 Å². The maximum Gasteiger partial charge on any atom is 0.224 e. The largest absolute Gasteiger partial charge is 0.362 e. The predicted octanol–water partition coefficient (Wildman–Crippen LogP) is 3.14. The van der Waals surface area contributed by atoms with Gasteiger partial charge in [-0.25, -0.2) is 0 Å². The van der Waals surface area contributed by atoms with Gasteiger partial charge in [0.05, 0.1) is 6.42 Å². The van der Waals surface area contributed by atoms with Crippen LogP contribution in [0.25, 0.3) is 0 Å². The fourth-order valence-corrected chi connectivity index (χ4v) is 2.13. The summed E-state index contributed by atoms with van der Waals surface area (Å²) in [5.41, 5.74) is 4.22. The van der Waals surface area contributed by atoms with E-state index >= 15 is 0 Å². The number of amides is 1. The lowest BCUT2D eigenvalue weighted by atomic mass is 10.1. The van der Waals surface area contributed by atoms with Crippen LogP contribution in [0.4, 0.5) is 0 Å². The van der Waals surface area contributed by atoms with Gasteiger partial charge in [-0.2, -0.15) is 0 Å². The summed E-state index contributed by atoms with van der Waals surface area (Å²) in [7, 11) is 0. The minimum atomic E-state index is 0.0250. The highest BCUT2D eigenvalue weighted by Crippen LogP contribution is 2.11. The van der Waals surface area contributed by atoms with Crippen LogP contribution in [0.2, 0.25) is 5.02 Å². The first kappa shape index (κ1) is 13.7. The van der Waals surface area contributed by atoms with E-state index in [9.17, 15) is 4.79 Å². The smallest absolute Gasteiger partial charge is 0.224 e. The molecule has 19 heavy (non-hydrogen) atoms. The Morgan fingerprint density at radius 2 is 1.95 bits per heavy atom. The van der Waals surface area contributed by atoms with Crippen molar-refractivity contribution in [1.29, 1.82) is 0 Å². The molecule has 0 saturated heterocycles. The van der Waals surface area contributed by atoms with Crippen LogP contribution in [-0.2, 0) is 17.8 Å². The van der Waals surface area contributed by atoms with E-state index in [-0.39, 0.29) is 5.91 Å². The van der Waals surface area contributed by atoms with Crippen LogP contribution in [0.5, 0.6) is 0 Å². The molecule has 0 radical (unpaired) electrons. The summed E-state index contributed by atoms with van der Waals surface area (Å²) in [4.78, 5) is 15.1. The highest BCUT2D eigenvalue weighted by Gasteiger charge is 2.07. The molecule has 0 aliphatic heterocycles. The number of rotatable bonds is 4. The van der Waals surface area contributed by atoms with Crippen molar-refractivity contribution in [3.05, 3.63) is 57.9 Å². The second-order valence-corrected chi connectivity index (χ2v) is 5.12. The molecule has 0 spiro atoms. The van der Waals surface area contributed by atoms with Gasteiger partial charge in [0.25, 0.3) is 0 Å². The van der Waals surface area contributed by atoms with E-state index in [4.69, 9.17) is 11.6 Å². The highest BCUT2D eigenvalue weighted by molar-refractivity contribution is 6.30. The number of carbonyl (C=O) groups is 1.